The summed E-state index contributed by atoms with van der Waals surface area (Å²) >= 11 is 0. The monoisotopic (exact) mass is 459 g/mol. The SMILES string of the molecule is C/C=C\CC.C=C(N=C(NN)c1cc(-c2cccc(OCC)c2)cnc1N)/C(F)=C/F.CC. The summed E-state index contributed by atoms with van der Waals surface area (Å²) in [7, 11) is 0. The van der Waals surface area contributed by atoms with Crippen LogP contribution in [0.5, 0.6) is 5.75 Å². The molecular formula is C25H35F2N5O. The fraction of sp³-hybridized carbons (Fsp3) is 0.280. The number of pyridine rings is 1. The molecule has 6 nitrogen and oxygen atoms in total. The van der Waals surface area contributed by atoms with Crippen molar-refractivity contribution < 1.29 is 13.5 Å². The van der Waals surface area contributed by atoms with Gasteiger partial charge in [0.25, 0.3) is 0 Å². The summed E-state index contributed by atoms with van der Waals surface area (Å²) in [6, 6.07) is 9.07. The van der Waals surface area contributed by atoms with E-state index >= 15 is 0 Å². The first-order valence-electron chi connectivity index (χ1n) is 10.7. The second kappa shape index (κ2) is 17.1. The zero-order valence-corrected chi connectivity index (χ0v) is 20.0. The van der Waals surface area contributed by atoms with Crippen molar-refractivity contribution in [2.24, 2.45) is 10.8 Å². The first kappa shape index (κ1) is 29.5. The zero-order chi connectivity index (χ0) is 25.2. The van der Waals surface area contributed by atoms with Crippen LogP contribution in [-0.4, -0.2) is 17.4 Å². The third-order valence-electron chi connectivity index (χ3n) is 3.88. The molecule has 0 saturated heterocycles. The predicted octanol–water partition coefficient (Wildman–Crippen LogP) is 6.23. The Bertz CT molecular complexity index is 956. The molecule has 0 aliphatic rings. The smallest absolute Gasteiger partial charge is 0.176 e. The van der Waals surface area contributed by atoms with Crippen molar-refractivity contribution in [1.29, 1.82) is 0 Å². The van der Waals surface area contributed by atoms with Crippen molar-refractivity contribution in [1.82, 2.24) is 10.4 Å². The van der Waals surface area contributed by atoms with Gasteiger partial charge in [-0.25, -0.2) is 24.6 Å². The molecule has 0 spiro atoms. The highest BCUT2D eigenvalue weighted by Gasteiger charge is 2.12. The van der Waals surface area contributed by atoms with Crippen molar-refractivity contribution in [3.05, 3.63) is 78.7 Å². The van der Waals surface area contributed by atoms with Crippen molar-refractivity contribution >= 4 is 11.7 Å². The summed E-state index contributed by atoms with van der Waals surface area (Å²) in [5, 5.41) is 0. The molecule has 0 aliphatic heterocycles. The van der Waals surface area contributed by atoms with Crippen LogP contribution in [0.3, 0.4) is 0 Å². The molecule has 0 saturated carbocycles. The minimum absolute atomic E-state index is 0.000173. The quantitative estimate of drug-likeness (QED) is 0.114. The number of ether oxygens (including phenoxy) is 1. The Morgan fingerprint density at radius 3 is 2.45 bits per heavy atom. The average molecular weight is 460 g/mol. The number of benzene rings is 1. The molecule has 1 heterocycles. The van der Waals surface area contributed by atoms with Gasteiger partial charge in [-0.3, -0.25) is 0 Å². The molecule has 0 atom stereocenters. The molecule has 0 amide bonds. The van der Waals surface area contributed by atoms with Gasteiger partial charge < -0.3 is 15.9 Å². The normalized spacial score (nSPS) is 11.2. The van der Waals surface area contributed by atoms with Crippen LogP contribution < -0.4 is 21.7 Å². The molecule has 0 radical (unpaired) electrons. The molecule has 8 heteroatoms. The fourth-order valence-electron chi connectivity index (χ4n) is 2.41. The Morgan fingerprint density at radius 1 is 1.24 bits per heavy atom. The number of hydrazine groups is 1. The summed E-state index contributed by atoms with van der Waals surface area (Å²) < 4.78 is 31.0. The van der Waals surface area contributed by atoms with Crippen LogP contribution >= 0.6 is 0 Å². The number of halogens is 2. The van der Waals surface area contributed by atoms with Crippen molar-refractivity contribution in [2.45, 2.75) is 41.0 Å². The van der Waals surface area contributed by atoms with Gasteiger partial charge in [0.15, 0.2) is 11.7 Å². The largest absolute Gasteiger partial charge is 0.494 e. The van der Waals surface area contributed by atoms with E-state index in [0.717, 1.165) is 12.0 Å². The third kappa shape index (κ3) is 10.1. The van der Waals surface area contributed by atoms with E-state index in [9.17, 15) is 8.78 Å². The van der Waals surface area contributed by atoms with Crippen LogP contribution in [0.4, 0.5) is 14.6 Å². The van der Waals surface area contributed by atoms with Gasteiger partial charge in [0.05, 0.1) is 17.9 Å². The molecule has 0 fully saturated rings. The maximum absolute atomic E-state index is 13.2. The van der Waals surface area contributed by atoms with Gasteiger partial charge >= 0.3 is 0 Å². The molecule has 1 aromatic carbocycles. The van der Waals surface area contributed by atoms with Gasteiger partial charge in [0, 0.05) is 11.8 Å². The van der Waals surface area contributed by atoms with Crippen LogP contribution in [0.1, 0.15) is 46.6 Å². The topological polar surface area (TPSA) is 98.5 Å². The summed E-state index contributed by atoms with van der Waals surface area (Å²) in [6.45, 7) is 13.9. The predicted molar refractivity (Wildman–Crippen MR) is 135 cm³/mol. The number of aromatic nitrogens is 1. The van der Waals surface area contributed by atoms with Gasteiger partial charge in [-0.05, 0) is 44.0 Å². The number of allylic oxidation sites excluding steroid dienone is 3. The number of nitrogens with two attached hydrogens (primary N) is 2. The standard InChI is InChI=1S/C18H19F2N5O.C5H10.C2H6/c1-3-26-14-6-4-5-12(7-14)13-8-15(17(21)23-10-13)18(25-22)24-11(2)16(20)9-19;1-3-5-4-2;1-2/h4-10H,2-3,22H2,1H3,(H2,21,23)(H,24,25);3,5H,4H2,1-2H3;1-2H3/b16-9-;5-3-;. The molecule has 2 rings (SSSR count). The highest BCUT2D eigenvalue weighted by molar-refractivity contribution is 6.03. The first-order valence-corrected chi connectivity index (χ1v) is 10.7. The van der Waals surface area contributed by atoms with E-state index in [4.69, 9.17) is 16.3 Å². The molecule has 180 valence electrons. The van der Waals surface area contributed by atoms with E-state index < -0.39 is 11.5 Å². The number of hydrogen-bond acceptors (Lipinski definition) is 5. The van der Waals surface area contributed by atoms with E-state index in [-0.39, 0.29) is 18.0 Å². The number of rotatable bonds is 7. The lowest BCUT2D eigenvalue weighted by Gasteiger charge is -2.11. The van der Waals surface area contributed by atoms with Gasteiger partial charge in [-0.1, -0.05) is 51.6 Å². The number of nitrogen functional groups attached to an aromatic ring is 1. The van der Waals surface area contributed by atoms with Gasteiger partial charge in [0.1, 0.15) is 17.9 Å². The Balaban J connectivity index is 0.00000129. The highest BCUT2D eigenvalue weighted by atomic mass is 19.2. The van der Waals surface area contributed by atoms with Crippen molar-refractivity contribution in [2.75, 3.05) is 12.3 Å². The number of nitrogens with one attached hydrogen (secondary N) is 1. The van der Waals surface area contributed by atoms with Gasteiger partial charge in [0.2, 0.25) is 0 Å². The van der Waals surface area contributed by atoms with E-state index in [1.165, 1.54) is 0 Å². The number of aliphatic imine (C=N–C) groups is 1. The van der Waals surface area contributed by atoms with E-state index in [1.54, 1.807) is 12.3 Å². The van der Waals surface area contributed by atoms with Crippen LogP contribution in [0.15, 0.2) is 78.1 Å². The molecule has 0 unspecified atom stereocenters. The third-order valence-corrected chi connectivity index (χ3v) is 3.88. The summed E-state index contributed by atoms with van der Waals surface area (Å²) in [5.41, 5.74) is 9.61. The van der Waals surface area contributed by atoms with E-state index in [1.807, 2.05) is 52.0 Å². The maximum Gasteiger partial charge on any atom is 0.176 e. The highest BCUT2D eigenvalue weighted by Crippen LogP contribution is 2.26. The molecule has 2 aromatic rings. The van der Waals surface area contributed by atoms with Gasteiger partial charge in [-0.2, -0.15) is 0 Å². The minimum Gasteiger partial charge on any atom is -0.494 e. The van der Waals surface area contributed by atoms with E-state index in [2.05, 4.69) is 41.1 Å². The summed E-state index contributed by atoms with van der Waals surface area (Å²) in [6.07, 6.45) is 6.68. The second-order valence-corrected chi connectivity index (χ2v) is 6.10. The first-order chi connectivity index (χ1) is 15.9. The minimum atomic E-state index is -1.22. The molecule has 1 aromatic heterocycles. The number of hydrogen-bond donors (Lipinski definition) is 3. The number of nitrogens with zero attached hydrogens (tertiary/aromatic N) is 2. The zero-order valence-electron chi connectivity index (χ0n) is 20.0. The Hall–Kier alpha value is -3.52. The van der Waals surface area contributed by atoms with E-state index in [0.29, 0.717) is 23.5 Å². The second-order valence-electron chi connectivity index (χ2n) is 6.10. The Kier molecular flexibility index (Phi) is 15.3. The lowest BCUT2D eigenvalue weighted by Crippen LogP contribution is -2.32. The summed E-state index contributed by atoms with van der Waals surface area (Å²) in [5.74, 6) is 5.06. The van der Waals surface area contributed by atoms with Crippen LogP contribution in [-0.2, 0) is 0 Å². The van der Waals surface area contributed by atoms with Gasteiger partial charge in [-0.15, -0.1) is 0 Å². The molecule has 5 N–H and O–H groups in total. The lowest BCUT2D eigenvalue weighted by atomic mass is 10.0. The average Bonchev–Trinajstić information content (AvgIpc) is 2.85. The summed E-state index contributed by atoms with van der Waals surface area (Å²) in [4.78, 5) is 7.96. The maximum atomic E-state index is 13.2. The molecule has 33 heavy (non-hydrogen) atoms. The van der Waals surface area contributed by atoms with Crippen LogP contribution in [0, 0.1) is 0 Å². The van der Waals surface area contributed by atoms with Crippen molar-refractivity contribution in [3.63, 3.8) is 0 Å². The number of amidine groups is 1. The Labute approximate surface area is 195 Å². The van der Waals surface area contributed by atoms with Crippen molar-refractivity contribution in [3.8, 4) is 16.9 Å². The Morgan fingerprint density at radius 2 is 1.94 bits per heavy atom. The fourth-order valence-corrected chi connectivity index (χ4v) is 2.41. The van der Waals surface area contributed by atoms with Crippen LogP contribution in [0.2, 0.25) is 0 Å². The lowest BCUT2D eigenvalue weighted by molar-refractivity contribution is 0.340. The van der Waals surface area contributed by atoms with Crippen LogP contribution in [0.25, 0.3) is 11.1 Å². The molecular weight excluding hydrogens is 424 g/mol. The molecule has 0 bridgehead atoms. The molecule has 0 aliphatic carbocycles. The number of anilines is 1.